The first-order valence-electron chi connectivity index (χ1n) is 4.45. The molecule has 0 saturated carbocycles. The summed E-state index contributed by atoms with van der Waals surface area (Å²) < 4.78 is 0. The van der Waals surface area contributed by atoms with Crippen LogP contribution in [-0.4, -0.2) is 44.6 Å². The van der Waals surface area contributed by atoms with E-state index >= 15 is 0 Å². The van der Waals surface area contributed by atoms with Crippen LogP contribution in [0.1, 0.15) is 13.3 Å². The molecule has 0 aromatic carbocycles. The van der Waals surface area contributed by atoms with E-state index in [-0.39, 0.29) is 30.7 Å². The van der Waals surface area contributed by atoms with Crippen molar-refractivity contribution in [2.24, 2.45) is 4.99 Å². The Bertz CT molecular complexity index is 226. The van der Waals surface area contributed by atoms with Gasteiger partial charge in [-0.25, -0.2) is 0 Å². The Hall–Kier alpha value is -1.23. The van der Waals surface area contributed by atoms with Crippen molar-refractivity contribution in [3.05, 3.63) is 0 Å². The SMILES string of the molecule is C/N=C\C(CC(C)=O)NC(=O)CNC. The van der Waals surface area contributed by atoms with Crippen LogP contribution in [0.5, 0.6) is 0 Å². The molecule has 0 radical (unpaired) electrons. The molecular weight excluding hydrogens is 182 g/mol. The molecule has 5 heteroatoms. The number of nitrogens with one attached hydrogen (secondary N) is 2. The van der Waals surface area contributed by atoms with Crippen molar-refractivity contribution >= 4 is 17.9 Å². The second-order valence-corrected chi connectivity index (χ2v) is 3.02. The number of ketones is 1. The van der Waals surface area contributed by atoms with Crippen LogP contribution < -0.4 is 10.6 Å². The van der Waals surface area contributed by atoms with E-state index in [9.17, 15) is 9.59 Å². The van der Waals surface area contributed by atoms with Crippen LogP contribution >= 0.6 is 0 Å². The first kappa shape index (κ1) is 12.8. The standard InChI is InChI=1S/C9H17N3O2/c1-7(13)4-8(5-10-2)12-9(14)6-11-3/h5,8,11H,4,6H2,1-3H3,(H,12,14)/b10-5-. The van der Waals surface area contributed by atoms with Crippen molar-refractivity contribution in [3.8, 4) is 0 Å². The van der Waals surface area contributed by atoms with Crippen molar-refractivity contribution in [1.82, 2.24) is 10.6 Å². The largest absolute Gasteiger partial charge is 0.347 e. The average Bonchev–Trinajstić information content (AvgIpc) is 2.03. The minimum Gasteiger partial charge on any atom is -0.347 e. The minimum absolute atomic E-state index is 0.0275. The first-order chi connectivity index (χ1) is 6.60. The van der Waals surface area contributed by atoms with Crippen molar-refractivity contribution in [2.75, 3.05) is 20.6 Å². The Kier molecular flexibility index (Phi) is 6.57. The van der Waals surface area contributed by atoms with Crippen molar-refractivity contribution in [3.63, 3.8) is 0 Å². The zero-order chi connectivity index (χ0) is 11.0. The molecule has 14 heavy (non-hydrogen) atoms. The number of carbonyl (C=O) groups is 2. The highest BCUT2D eigenvalue weighted by Crippen LogP contribution is 1.90. The predicted molar refractivity (Wildman–Crippen MR) is 55.6 cm³/mol. The lowest BCUT2D eigenvalue weighted by Gasteiger charge is -2.12. The maximum atomic E-state index is 11.2. The summed E-state index contributed by atoms with van der Waals surface area (Å²) in [6.07, 6.45) is 1.85. The first-order valence-corrected chi connectivity index (χ1v) is 4.45. The van der Waals surface area contributed by atoms with Crippen LogP contribution in [0.2, 0.25) is 0 Å². The fourth-order valence-corrected chi connectivity index (χ4v) is 1.05. The summed E-state index contributed by atoms with van der Waals surface area (Å²) in [5, 5.41) is 5.41. The molecule has 1 atom stereocenters. The summed E-state index contributed by atoms with van der Waals surface area (Å²) in [5.41, 5.74) is 0. The van der Waals surface area contributed by atoms with E-state index in [1.807, 2.05) is 0 Å². The zero-order valence-corrected chi connectivity index (χ0v) is 8.83. The van der Waals surface area contributed by atoms with E-state index in [1.54, 1.807) is 20.3 Å². The predicted octanol–water partition coefficient (Wildman–Crippen LogP) is -0.630. The molecule has 80 valence electrons. The third kappa shape index (κ3) is 6.30. The molecule has 0 saturated heterocycles. The van der Waals surface area contributed by atoms with E-state index in [1.165, 1.54) is 6.92 Å². The summed E-state index contributed by atoms with van der Waals surface area (Å²) in [7, 11) is 3.30. The van der Waals surface area contributed by atoms with Gasteiger partial charge < -0.3 is 10.6 Å². The van der Waals surface area contributed by atoms with Gasteiger partial charge >= 0.3 is 0 Å². The average molecular weight is 199 g/mol. The summed E-state index contributed by atoms with van der Waals surface area (Å²) >= 11 is 0. The molecule has 0 spiro atoms. The number of aliphatic imine (C=N–C) groups is 1. The zero-order valence-electron chi connectivity index (χ0n) is 8.83. The second kappa shape index (κ2) is 7.20. The van der Waals surface area contributed by atoms with Crippen LogP contribution in [0.3, 0.4) is 0 Å². The maximum absolute atomic E-state index is 11.2. The molecule has 0 aromatic heterocycles. The van der Waals surface area contributed by atoms with Gasteiger partial charge in [-0.1, -0.05) is 0 Å². The second-order valence-electron chi connectivity index (χ2n) is 3.02. The minimum atomic E-state index is -0.293. The van der Waals surface area contributed by atoms with Crippen molar-refractivity contribution in [1.29, 1.82) is 0 Å². The number of carbonyl (C=O) groups excluding carboxylic acids is 2. The number of rotatable bonds is 6. The van der Waals surface area contributed by atoms with E-state index < -0.39 is 0 Å². The molecule has 1 amide bonds. The van der Waals surface area contributed by atoms with Crippen LogP contribution in [0.4, 0.5) is 0 Å². The quantitative estimate of drug-likeness (QED) is 0.560. The number of amides is 1. The molecule has 0 rings (SSSR count). The van der Waals surface area contributed by atoms with Gasteiger partial charge in [0, 0.05) is 19.7 Å². The Balaban J connectivity index is 4.08. The Morgan fingerprint density at radius 3 is 2.57 bits per heavy atom. The van der Waals surface area contributed by atoms with E-state index in [4.69, 9.17) is 0 Å². The topological polar surface area (TPSA) is 70.6 Å². The molecule has 2 N–H and O–H groups in total. The van der Waals surface area contributed by atoms with Gasteiger partial charge in [-0.05, 0) is 14.0 Å². The fourth-order valence-electron chi connectivity index (χ4n) is 1.05. The molecule has 0 aliphatic rings. The Morgan fingerprint density at radius 2 is 2.14 bits per heavy atom. The van der Waals surface area contributed by atoms with Crippen LogP contribution in [-0.2, 0) is 9.59 Å². The van der Waals surface area contributed by atoms with Gasteiger partial charge in [0.05, 0.1) is 12.6 Å². The van der Waals surface area contributed by atoms with Crippen molar-refractivity contribution in [2.45, 2.75) is 19.4 Å². The molecular formula is C9H17N3O2. The van der Waals surface area contributed by atoms with Gasteiger partial charge in [-0.15, -0.1) is 0 Å². The lowest BCUT2D eigenvalue weighted by molar-refractivity contribution is -0.121. The van der Waals surface area contributed by atoms with Gasteiger partial charge in [0.2, 0.25) is 5.91 Å². The normalized spacial score (nSPS) is 12.8. The van der Waals surface area contributed by atoms with Crippen LogP contribution in [0.15, 0.2) is 4.99 Å². The summed E-state index contributed by atoms with van der Waals surface area (Å²) in [4.78, 5) is 25.8. The van der Waals surface area contributed by atoms with Crippen molar-refractivity contribution < 1.29 is 9.59 Å². The van der Waals surface area contributed by atoms with E-state index in [0.29, 0.717) is 0 Å². The van der Waals surface area contributed by atoms with Gasteiger partial charge in [-0.2, -0.15) is 0 Å². The van der Waals surface area contributed by atoms with Gasteiger partial charge in [0.25, 0.3) is 0 Å². The summed E-state index contributed by atoms with van der Waals surface area (Å²) in [5.74, 6) is -0.113. The molecule has 1 unspecified atom stereocenters. The summed E-state index contributed by atoms with van der Waals surface area (Å²) in [6, 6.07) is -0.293. The van der Waals surface area contributed by atoms with Crippen LogP contribution in [0.25, 0.3) is 0 Å². The number of likely N-dealkylation sites (N-methyl/N-ethyl adjacent to an activating group) is 1. The lowest BCUT2D eigenvalue weighted by Crippen LogP contribution is -2.41. The molecule has 0 aliphatic heterocycles. The van der Waals surface area contributed by atoms with Crippen LogP contribution in [0, 0.1) is 0 Å². The molecule has 0 fully saturated rings. The van der Waals surface area contributed by atoms with Gasteiger partial charge in [0.15, 0.2) is 0 Å². The number of nitrogens with zero attached hydrogens (tertiary/aromatic N) is 1. The highest BCUT2D eigenvalue weighted by Gasteiger charge is 2.10. The monoisotopic (exact) mass is 199 g/mol. The maximum Gasteiger partial charge on any atom is 0.234 e. The smallest absolute Gasteiger partial charge is 0.234 e. The number of hydrogen-bond donors (Lipinski definition) is 2. The number of Topliss-reactive ketones (excluding diaryl/α,β-unsaturated/α-hetero) is 1. The molecule has 5 nitrogen and oxygen atoms in total. The summed E-state index contributed by atoms with van der Waals surface area (Å²) in [6.45, 7) is 1.73. The van der Waals surface area contributed by atoms with E-state index in [0.717, 1.165) is 0 Å². The fraction of sp³-hybridized carbons (Fsp3) is 0.667. The van der Waals surface area contributed by atoms with Gasteiger partial charge in [-0.3, -0.25) is 14.6 Å². The third-order valence-corrected chi connectivity index (χ3v) is 1.52. The van der Waals surface area contributed by atoms with E-state index in [2.05, 4.69) is 15.6 Å². The third-order valence-electron chi connectivity index (χ3n) is 1.52. The Labute approximate surface area is 84.0 Å². The molecule has 0 heterocycles. The highest BCUT2D eigenvalue weighted by atomic mass is 16.2. The van der Waals surface area contributed by atoms with Gasteiger partial charge in [0.1, 0.15) is 5.78 Å². The highest BCUT2D eigenvalue weighted by molar-refractivity contribution is 5.86. The molecule has 0 bridgehead atoms. The Morgan fingerprint density at radius 1 is 1.50 bits per heavy atom. The lowest BCUT2D eigenvalue weighted by atomic mass is 10.1. The number of hydrogen-bond acceptors (Lipinski definition) is 4. The molecule has 0 aliphatic carbocycles. The molecule has 0 aromatic rings.